The van der Waals surface area contributed by atoms with Crippen LogP contribution in [0.1, 0.15) is 23.2 Å². The summed E-state index contributed by atoms with van der Waals surface area (Å²) in [5.74, 6) is 1.39. The van der Waals surface area contributed by atoms with Crippen LogP contribution in [0.25, 0.3) is 0 Å². The highest BCUT2D eigenvalue weighted by atomic mass is 35.5. The molecule has 1 aromatic carbocycles. The number of nitrogens with two attached hydrogens (primary N) is 1. The van der Waals surface area contributed by atoms with E-state index >= 15 is 0 Å². The molecule has 2 N–H and O–H groups in total. The van der Waals surface area contributed by atoms with Gasteiger partial charge in [-0.1, -0.05) is 0 Å². The second-order valence-electron chi connectivity index (χ2n) is 5.01. The molecule has 5 nitrogen and oxygen atoms in total. The van der Waals surface area contributed by atoms with Gasteiger partial charge >= 0.3 is 0 Å². The van der Waals surface area contributed by atoms with Gasteiger partial charge in [0, 0.05) is 31.1 Å². The molecular formula is C14H19ClN2O3. The number of nitrogens with zero attached hydrogens (tertiary/aromatic N) is 1. The van der Waals surface area contributed by atoms with Crippen LogP contribution in [0, 0.1) is 0 Å². The van der Waals surface area contributed by atoms with Crippen LogP contribution in [0.4, 0.5) is 0 Å². The van der Waals surface area contributed by atoms with Crippen LogP contribution in [-0.2, 0) is 0 Å². The van der Waals surface area contributed by atoms with Crippen molar-refractivity contribution in [3.05, 3.63) is 23.8 Å². The van der Waals surface area contributed by atoms with Crippen LogP contribution in [-0.4, -0.2) is 43.2 Å². The number of likely N-dealkylation sites (tertiary alicyclic amines) is 1. The molecule has 1 amide bonds. The van der Waals surface area contributed by atoms with Crippen LogP contribution in [0.3, 0.4) is 0 Å². The largest absolute Gasteiger partial charge is 0.490 e. The fraction of sp³-hybridized carbons (Fsp3) is 0.500. The first-order valence-electron chi connectivity index (χ1n) is 6.68. The SMILES string of the molecule is Cl.N[C@@H]1CCN(C(=O)c2ccc3c(c2)OCCCO3)C1. The molecule has 0 aliphatic carbocycles. The number of hydrogen-bond acceptors (Lipinski definition) is 4. The lowest BCUT2D eigenvalue weighted by atomic mass is 10.1. The smallest absolute Gasteiger partial charge is 0.254 e. The second-order valence-corrected chi connectivity index (χ2v) is 5.01. The monoisotopic (exact) mass is 298 g/mol. The normalized spacial score (nSPS) is 21.1. The van der Waals surface area contributed by atoms with Gasteiger partial charge in [0.05, 0.1) is 13.2 Å². The molecule has 20 heavy (non-hydrogen) atoms. The average molecular weight is 299 g/mol. The number of amides is 1. The molecule has 0 spiro atoms. The molecule has 1 atom stereocenters. The van der Waals surface area contributed by atoms with E-state index in [9.17, 15) is 4.79 Å². The summed E-state index contributed by atoms with van der Waals surface area (Å²) in [6.45, 7) is 2.64. The van der Waals surface area contributed by atoms with E-state index in [2.05, 4.69) is 0 Å². The molecule has 0 unspecified atom stereocenters. The molecule has 1 aromatic rings. The maximum atomic E-state index is 12.3. The van der Waals surface area contributed by atoms with Crippen molar-refractivity contribution in [2.24, 2.45) is 5.73 Å². The van der Waals surface area contributed by atoms with E-state index < -0.39 is 0 Å². The third-order valence-electron chi connectivity index (χ3n) is 3.51. The van der Waals surface area contributed by atoms with Crippen LogP contribution >= 0.6 is 12.4 Å². The topological polar surface area (TPSA) is 64.8 Å². The van der Waals surface area contributed by atoms with Crippen molar-refractivity contribution < 1.29 is 14.3 Å². The van der Waals surface area contributed by atoms with E-state index in [4.69, 9.17) is 15.2 Å². The van der Waals surface area contributed by atoms with Crippen LogP contribution in [0.15, 0.2) is 18.2 Å². The van der Waals surface area contributed by atoms with Crippen molar-refractivity contribution in [2.45, 2.75) is 18.9 Å². The molecule has 2 aliphatic rings. The van der Waals surface area contributed by atoms with Gasteiger partial charge in [-0.05, 0) is 24.6 Å². The highest BCUT2D eigenvalue weighted by Crippen LogP contribution is 2.31. The number of benzene rings is 1. The molecule has 0 radical (unpaired) electrons. The van der Waals surface area contributed by atoms with E-state index in [0.717, 1.165) is 19.4 Å². The van der Waals surface area contributed by atoms with Crippen molar-refractivity contribution in [1.82, 2.24) is 4.90 Å². The predicted molar refractivity (Wildman–Crippen MR) is 77.8 cm³/mol. The fourth-order valence-corrected chi connectivity index (χ4v) is 2.45. The van der Waals surface area contributed by atoms with Gasteiger partial charge in [0.1, 0.15) is 0 Å². The first-order valence-corrected chi connectivity index (χ1v) is 6.68. The van der Waals surface area contributed by atoms with Gasteiger partial charge in [0.2, 0.25) is 0 Å². The highest BCUT2D eigenvalue weighted by Gasteiger charge is 2.25. The maximum absolute atomic E-state index is 12.3. The Morgan fingerprint density at radius 3 is 2.70 bits per heavy atom. The van der Waals surface area contributed by atoms with Gasteiger partial charge in [-0.3, -0.25) is 4.79 Å². The summed E-state index contributed by atoms with van der Waals surface area (Å²) in [7, 11) is 0. The summed E-state index contributed by atoms with van der Waals surface area (Å²) in [6, 6.07) is 5.47. The third kappa shape index (κ3) is 2.99. The van der Waals surface area contributed by atoms with Crippen molar-refractivity contribution >= 4 is 18.3 Å². The van der Waals surface area contributed by atoms with Gasteiger partial charge in [0.15, 0.2) is 11.5 Å². The summed E-state index contributed by atoms with van der Waals surface area (Å²) in [5.41, 5.74) is 6.47. The maximum Gasteiger partial charge on any atom is 0.254 e. The Kier molecular flexibility index (Phi) is 4.73. The number of halogens is 1. The number of rotatable bonds is 1. The number of carbonyl (C=O) groups is 1. The summed E-state index contributed by atoms with van der Waals surface area (Å²) in [4.78, 5) is 14.1. The number of carbonyl (C=O) groups excluding carboxylic acids is 1. The highest BCUT2D eigenvalue weighted by molar-refractivity contribution is 5.95. The predicted octanol–water partition coefficient (Wildman–Crippen LogP) is 1.44. The molecule has 0 saturated carbocycles. The van der Waals surface area contributed by atoms with Crippen molar-refractivity contribution in [3.8, 4) is 11.5 Å². The summed E-state index contributed by atoms with van der Waals surface area (Å²) in [5, 5.41) is 0. The molecule has 110 valence electrons. The Bertz CT molecular complexity index is 495. The fourth-order valence-electron chi connectivity index (χ4n) is 2.45. The summed E-state index contributed by atoms with van der Waals surface area (Å²) >= 11 is 0. The molecule has 2 aliphatic heterocycles. The van der Waals surface area contributed by atoms with Crippen LogP contribution in [0.5, 0.6) is 11.5 Å². The lowest BCUT2D eigenvalue weighted by Gasteiger charge is -2.16. The molecule has 0 bridgehead atoms. The summed E-state index contributed by atoms with van der Waals surface area (Å²) in [6.07, 6.45) is 1.73. The van der Waals surface area contributed by atoms with Gasteiger partial charge < -0.3 is 20.1 Å². The lowest BCUT2D eigenvalue weighted by Crippen LogP contribution is -2.31. The third-order valence-corrected chi connectivity index (χ3v) is 3.51. The van der Waals surface area contributed by atoms with Gasteiger partial charge in [-0.15, -0.1) is 12.4 Å². The second kappa shape index (κ2) is 6.33. The Balaban J connectivity index is 0.00000147. The van der Waals surface area contributed by atoms with Crippen LogP contribution in [0.2, 0.25) is 0 Å². The standard InChI is InChI=1S/C14H18N2O3.ClH/c15-11-4-5-16(9-11)14(17)10-2-3-12-13(8-10)19-7-1-6-18-12;/h2-3,8,11H,1,4-7,9,15H2;1H/t11-;/m1./s1. The van der Waals surface area contributed by atoms with E-state index in [1.165, 1.54) is 0 Å². The quantitative estimate of drug-likeness (QED) is 0.852. The van der Waals surface area contributed by atoms with E-state index in [1.807, 2.05) is 6.07 Å². The molecule has 1 saturated heterocycles. The van der Waals surface area contributed by atoms with Crippen LogP contribution < -0.4 is 15.2 Å². The number of hydrogen-bond donors (Lipinski definition) is 1. The molecule has 3 rings (SSSR count). The molecular weight excluding hydrogens is 280 g/mol. The lowest BCUT2D eigenvalue weighted by molar-refractivity contribution is 0.0790. The Hall–Kier alpha value is -1.46. The van der Waals surface area contributed by atoms with Crippen molar-refractivity contribution in [3.63, 3.8) is 0 Å². The van der Waals surface area contributed by atoms with E-state index in [-0.39, 0.29) is 24.4 Å². The molecule has 1 fully saturated rings. The Morgan fingerprint density at radius 1 is 1.25 bits per heavy atom. The zero-order valence-electron chi connectivity index (χ0n) is 11.2. The Morgan fingerprint density at radius 2 is 2.00 bits per heavy atom. The minimum absolute atomic E-state index is 0. The first-order chi connectivity index (χ1) is 9.24. The Labute approximate surface area is 124 Å². The minimum Gasteiger partial charge on any atom is -0.490 e. The van der Waals surface area contributed by atoms with Gasteiger partial charge in [-0.2, -0.15) is 0 Å². The van der Waals surface area contributed by atoms with Gasteiger partial charge in [0.25, 0.3) is 5.91 Å². The number of ether oxygens (including phenoxy) is 2. The number of fused-ring (bicyclic) bond motifs is 1. The zero-order valence-corrected chi connectivity index (χ0v) is 12.0. The molecule has 2 heterocycles. The average Bonchev–Trinajstić information content (AvgIpc) is 2.72. The molecule has 0 aromatic heterocycles. The first kappa shape index (κ1) is 14.9. The van der Waals surface area contributed by atoms with Crippen molar-refractivity contribution in [2.75, 3.05) is 26.3 Å². The summed E-state index contributed by atoms with van der Waals surface area (Å²) < 4.78 is 11.2. The van der Waals surface area contributed by atoms with Crippen molar-refractivity contribution in [1.29, 1.82) is 0 Å². The zero-order chi connectivity index (χ0) is 13.2. The van der Waals surface area contributed by atoms with Gasteiger partial charge in [-0.25, -0.2) is 0 Å². The minimum atomic E-state index is 0. The van der Waals surface area contributed by atoms with E-state index in [0.29, 0.717) is 36.8 Å². The molecule has 6 heteroatoms. The van der Waals surface area contributed by atoms with E-state index in [1.54, 1.807) is 17.0 Å².